The molecule has 0 aromatic heterocycles. The van der Waals surface area contributed by atoms with Gasteiger partial charge in [0.1, 0.15) is 5.75 Å². The Morgan fingerprint density at radius 1 is 1.19 bits per heavy atom. The number of benzene rings is 1. The zero-order valence-corrected chi connectivity index (χ0v) is 24.9. The van der Waals surface area contributed by atoms with Gasteiger partial charge in [-0.2, -0.15) is 0 Å². The van der Waals surface area contributed by atoms with Gasteiger partial charge in [0, 0.05) is 18.6 Å². The van der Waals surface area contributed by atoms with Gasteiger partial charge in [0.05, 0.1) is 32.0 Å². The zero-order valence-electron chi connectivity index (χ0n) is 23.9. The maximum atomic E-state index is 6.72. The maximum Gasteiger partial charge on any atom is 0.192 e. The van der Waals surface area contributed by atoms with Crippen molar-refractivity contribution in [1.29, 1.82) is 0 Å². The van der Waals surface area contributed by atoms with E-state index in [1.165, 1.54) is 5.57 Å². The lowest BCUT2D eigenvalue weighted by atomic mass is 10.0. The fourth-order valence-electron chi connectivity index (χ4n) is 3.86. The van der Waals surface area contributed by atoms with E-state index in [0.29, 0.717) is 6.61 Å². The largest absolute Gasteiger partial charge is 0.497 e. The van der Waals surface area contributed by atoms with Crippen molar-refractivity contribution in [3.05, 3.63) is 66.3 Å². The minimum atomic E-state index is -1.92. The number of ether oxygens (including phenoxy) is 4. The van der Waals surface area contributed by atoms with Gasteiger partial charge in [-0.25, -0.2) is 0 Å². The molecule has 2 rings (SSSR count). The Bertz CT molecular complexity index is 868. The summed E-state index contributed by atoms with van der Waals surface area (Å²) in [6.45, 7) is 20.3. The molecule has 6 heteroatoms. The fourth-order valence-corrected chi connectivity index (χ4v) is 5.22. The number of methoxy groups -OCH3 is 2. The fraction of sp³-hybridized carbons (Fsp3) is 0.600. The molecule has 5 nitrogen and oxygen atoms in total. The lowest BCUT2D eigenvalue weighted by Gasteiger charge is -2.40. The minimum Gasteiger partial charge on any atom is -0.497 e. The van der Waals surface area contributed by atoms with Crippen molar-refractivity contribution in [2.45, 2.75) is 90.2 Å². The SMILES string of the molecule is C=C[C@H](OC)[C@H](CC/C=C(C)/C=C/[C@H]1O[C@@H](c2ccc(OC)cc2)OC[C@H]1C)O[Si](C)(C)C(C)(C)C. The molecule has 0 spiro atoms. The summed E-state index contributed by atoms with van der Waals surface area (Å²) in [4.78, 5) is 0. The van der Waals surface area contributed by atoms with Crippen molar-refractivity contribution in [3.8, 4) is 5.75 Å². The van der Waals surface area contributed by atoms with E-state index in [1.54, 1.807) is 14.2 Å². The molecular formula is C30H48O5Si. The van der Waals surface area contributed by atoms with Gasteiger partial charge in [0.2, 0.25) is 0 Å². The van der Waals surface area contributed by atoms with E-state index in [1.807, 2.05) is 30.3 Å². The number of allylic oxidation sites excluding steroid dienone is 3. The molecule has 0 saturated carbocycles. The Morgan fingerprint density at radius 2 is 1.86 bits per heavy atom. The van der Waals surface area contributed by atoms with Crippen LogP contribution in [-0.2, 0) is 18.6 Å². The molecule has 0 N–H and O–H groups in total. The highest BCUT2D eigenvalue weighted by Gasteiger charge is 2.40. The van der Waals surface area contributed by atoms with E-state index in [4.69, 9.17) is 23.4 Å². The highest BCUT2D eigenvalue weighted by molar-refractivity contribution is 6.74. The summed E-state index contributed by atoms with van der Waals surface area (Å²) in [5.41, 5.74) is 2.20. The molecule has 5 atom stereocenters. The van der Waals surface area contributed by atoms with Crippen molar-refractivity contribution in [3.63, 3.8) is 0 Å². The first-order chi connectivity index (χ1) is 16.9. The van der Waals surface area contributed by atoms with Gasteiger partial charge in [0.25, 0.3) is 0 Å². The third-order valence-electron chi connectivity index (χ3n) is 7.33. The molecule has 1 aromatic carbocycles. The molecule has 0 amide bonds. The van der Waals surface area contributed by atoms with Gasteiger partial charge in [-0.15, -0.1) is 6.58 Å². The van der Waals surface area contributed by atoms with Crippen molar-refractivity contribution >= 4 is 8.32 Å². The van der Waals surface area contributed by atoms with Gasteiger partial charge in [0.15, 0.2) is 14.6 Å². The van der Waals surface area contributed by atoms with Crippen LogP contribution in [0.3, 0.4) is 0 Å². The van der Waals surface area contributed by atoms with Crippen LogP contribution in [0.4, 0.5) is 0 Å². The van der Waals surface area contributed by atoms with Gasteiger partial charge < -0.3 is 23.4 Å². The van der Waals surface area contributed by atoms with E-state index in [0.717, 1.165) is 24.2 Å². The lowest BCUT2D eigenvalue weighted by Crippen LogP contribution is -2.47. The van der Waals surface area contributed by atoms with Gasteiger partial charge in [-0.3, -0.25) is 0 Å². The normalized spacial score (nSPS) is 23.5. The summed E-state index contributed by atoms with van der Waals surface area (Å²) in [6, 6.07) is 7.84. The Hall–Kier alpha value is -1.70. The van der Waals surface area contributed by atoms with E-state index in [2.05, 4.69) is 72.5 Å². The average molecular weight is 517 g/mol. The second kappa shape index (κ2) is 13.7. The average Bonchev–Trinajstić information content (AvgIpc) is 2.83. The first-order valence-corrected chi connectivity index (χ1v) is 15.9. The van der Waals surface area contributed by atoms with Gasteiger partial charge >= 0.3 is 0 Å². The highest BCUT2D eigenvalue weighted by Crippen LogP contribution is 2.38. The summed E-state index contributed by atoms with van der Waals surface area (Å²) >= 11 is 0. The first kappa shape index (κ1) is 30.5. The minimum absolute atomic E-state index is 0.00877. The van der Waals surface area contributed by atoms with Crippen molar-refractivity contribution < 1.29 is 23.4 Å². The standard InChI is InChI=1S/C30H48O5Si/c1-11-26(32-8)28(35-36(9,10)30(4,5)6)14-12-13-22(2)15-20-27-23(3)21-33-29(34-27)24-16-18-25(31-7)19-17-24/h11,13,15-20,23,26-29H,1,12,14,21H2,2-10H3/b20-15+,22-13+/t23-,26+,27-,28+,29+/m1/s1. The second-order valence-corrected chi connectivity index (χ2v) is 16.0. The summed E-state index contributed by atoms with van der Waals surface area (Å²) in [6.07, 6.45) is 9.71. The first-order valence-electron chi connectivity index (χ1n) is 13.0. The summed E-state index contributed by atoms with van der Waals surface area (Å²) in [7, 11) is 1.47. The van der Waals surface area contributed by atoms with E-state index in [9.17, 15) is 0 Å². The summed E-state index contributed by atoms with van der Waals surface area (Å²) < 4.78 is 29.9. The molecule has 1 fully saturated rings. The second-order valence-electron chi connectivity index (χ2n) is 11.3. The Balaban J connectivity index is 2.00. The number of hydrogen-bond donors (Lipinski definition) is 0. The van der Waals surface area contributed by atoms with Crippen LogP contribution in [0.1, 0.15) is 59.3 Å². The van der Waals surface area contributed by atoms with Crippen molar-refractivity contribution in [2.24, 2.45) is 5.92 Å². The van der Waals surface area contributed by atoms with Crippen molar-refractivity contribution in [1.82, 2.24) is 0 Å². The molecule has 0 bridgehead atoms. The summed E-state index contributed by atoms with van der Waals surface area (Å²) in [5, 5.41) is 0.142. The third-order valence-corrected chi connectivity index (χ3v) is 11.8. The monoisotopic (exact) mass is 516 g/mol. The van der Waals surface area contributed by atoms with Crippen LogP contribution in [0, 0.1) is 5.92 Å². The number of hydrogen-bond acceptors (Lipinski definition) is 5. The smallest absolute Gasteiger partial charge is 0.192 e. The van der Waals surface area contributed by atoms with E-state index >= 15 is 0 Å². The van der Waals surface area contributed by atoms with Gasteiger partial charge in [-0.05, 0) is 50.0 Å². The third kappa shape index (κ3) is 8.70. The zero-order chi connectivity index (χ0) is 26.9. The van der Waals surface area contributed by atoms with Crippen molar-refractivity contribution in [2.75, 3.05) is 20.8 Å². The highest BCUT2D eigenvalue weighted by atomic mass is 28.4. The summed E-state index contributed by atoms with van der Waals surface area (Å²) in [5.74, 6) is 1.10. The van der Waals surface area contributed by atoms with Crippen LogP contribution in [0.15, 0.2) is 60.7 Å². The molecule has 36 heavy (non-hydrogen) atoms. The predicted molar refractivity (Wildman–Crippen MR) is 151 cm³/mol. The molecule has 0 radical (unpaired) electrons. The molecule has 1 aliphatic rings. The molecule has 1 heterocycles. The molecule has 0 unspecified atom stereocenters. The Morgan fingerprint density at radius 3 is 2.42 bits per heavy atom. The topological polar surface area (TPSA) is 46.2 Å². The van der Waals surface area contributed by atoms with Crippen LogP contribution in [-0.4, -0.2) is 47.5 Å². The molecular weight excluding hydrogens is 468 g/mol. The Kier molecular flexibility index (Phi) is 11.6. The van der Waals surface area contributed by atoms with Crippen LogP contribution in [0.5, 0.6) is 5.75 Å². The van der Waals surface area contributed by atoms with Gasteiger partial charge in [-0.1, -0.05) is 69.7 Å². The van der Waals surface area contributed by atoms with E-state index in [-0.39, 0.29) is 35.6 Å². The lowest BCUT2D eigenvalue weighted by molar-refractivity contribution is -0.225. The van der Waals surface area contributed by atoms with Crippen LogP contribution >= 0.6 is 0 Å². The van der Waals surface area contributed by atoms with Crippen LogP contribution in [0.2, 0.25) is 18.1 Å². The molecule has 0 aliphatic carbocycles. The maximum absolute atomic E-state index is 6.72. The quantitative estimate of drug-likeness (QED) is 0.162. The molecule has 1 aliphatic heterocycles. The predicted octanol–water partition coefficient (Wildman–Crippen LogP) is 7.62. The van der Waals surface area contributed by atoms with Crippen LogP contribution in [0.25, 0.3) is 0 Å². The molecule has 1 saturated heterocycles. The Labute approximate surface area is 220 Å². The van der Waals surface area contributed by atoms with Crippen LogP contribution < -0.4 is 4.74 Å². The number of rotatable bonds is 12. The van der Waals surface area contributed by atoms with E-state index < -0.39 is 8.32 Å². The molecule has 1 aromatic rings. The molecule has 202 valence electrons.